The Hall–Kier alpha value is -2.78. The number of halogens is 1. The lowest BCUT2D eigenvalue weighted by Gasteiger charge is -2.23. The molecule has 4 heteroatoms. The Morgan fingerprint density at radius 3 is 2.71 bits per heavy atom. The normalized spacial score (nSPS) is 12.1. The first kappa shape index (κ1) is 13.6. The van der Waals surface area contributed by atoms with Crippen LogP contribution in [-0.4, -0.2) is 12.1 Å². The van der Waals surface area contributed by atoms with E-state index in [1.54, 1.807) is 7.11 Å². The molecule has 1 aliphatic rings. The van der Waals surface area contributed by atoms with Gasteiger partial charge in [0.25, 0.3) is 0 Å². The summed E-state index contributed by atoms with van der Waals surface area (Å²) in [4.78, 5) is 4.93. The summed E-state index contributed by atoms with van der Waals surface area (Å²) < 4.78 is 5.50. The standard InChI is InChI=1S/C20H13ClN2O/c1-24-12-9-15-14-8-11(21)6-7-17(14)23-20-13-4-2-3-5-16(13)22-18(10-12)19(15)20/h2-10,22H,1H3. The SMILES string of the molecule is COc1cc2c3c(nc4ccc(Cl)cc4c3c1)-c1ccccc1N2. The van der Waals surface area contributed by atoms with Crippen LogP contribution in [0.4, 0.5) is 11.4 Å². The molecule has 2 heterocycles. The zero-order valence-corrected chi connectivity index (χ0v) is 13.7. The Balaban J connectivity index is 2.03. The van der Waals surface area contributed by atoms with Crippen molar-refractivity contribution in [1.29, 1.82) is 0 Å². The first-order valence-electron chi connectivity index (χ1n) is 7.72. The molecule has 0 saturated carbocycles. The first-order chi connectivity index (χ1) is 11.7. The fourth-order valence-electron chi connectivity index (χ4n) is 3.44. The number of hydrogen-bond donors (Lipinski definition) is 1. The van der Waals surface area contributed by atoms with Gasteiger partial charge in [-0.15, -0.1) is 0 Å². The van der Waals surface area contributed by atoms with E-state index in [2.05, 4.69) is 23.5 Å². The minimum Gasteiger partial charge on any atom is -0.497 e. The smallest absolute Gasteiger partial charge is 0.121 e. The molecule has 1 aromatic heterocycles. The third-order valence-electron chi connectivity index (χ3n) is 4.52. The van der Waals surface area contributed by atoms with Gasteiger partial charge < -0.3 is 10.1 Å². The van der Waals surface area contributed by atoms with Crippen molar-refractivity contribution >= 4 is 44.7 Å². The maximum Gasteiger partial charge on any atom is 0.121 e. The zero-order chi connectivity index (χ0) is 16.3. The van der Waals surface area contributed by atoms with Crippen molar-refractivity contribution in [2.75, 3.05) is 12.4 Å². The topological polar surface area (TPSA) is 34.1 Å². The van der Waals surface area contributed by atoms with E-state index in [-0.39, 0.29) is 0 Å². The molecule has 0 amide bonds. The summed E-state index contributed by atoms with van der Waals surface area (Å²) in [5.41, 5.74) is 5.09. The highest BCUT2D eigenvalue weighted by Gasteiger charge is 2.21. The minimum atomic E-state index is 0.702. The summed E-state index contributed by atoms with van der Waals surface area (Å²) in [6.07, 6.45) is 0. The van der Waals surface area contributed by atoms with Gasteiger partial charge in [-0.25, -0.2) is 4.98 Å². The molecule has 3 aromatic carbocycles. The number of methoxy groups -OCH3 is 1. The quantitative estimate of drug-likeness (QED) is 0.395. The van der Waals surface area contributed by atoms with Gasteiger partial charge in [0.2, 0.25) is 0 Å². The molecule has 0 fully saturated rings. The molecular weight excluding hydrogens is 320 g/mol. The van der Waals surface area contributed by atoms with E-state index in [9.17, 15) is 0 Å². The molecule has 0 bridgehead atoms. The number of fused-ring (bicyclic) bond motifs is 4. The Bertz CT molecular complexity index is 1140. The summed E-state index contributed by atoms with van der Waals surface area (Å²) >= 11 is 6.23. The summed E-state index contributed by atoms with van der Waals surface area (Å²) in [6.45, 7) is 0. The van der Waals surface area contributed by atoms with Crippen LogP contribution in [0.15, 0.2) is 54.6 Å². The van der Waals surface area contributed by atoms with E-state index in [0.717, 1.165) is 50.1 Å². The molecule has 0 atom stereocenters. The maximum absolute atomic E-state index is 6.23. The van der Waals surface area contributed by atoms with Gasteiger partial charge in [-0.3, -0.25) is 0 Å². The highest BCUT2D eigenvalue weighted by atomic mass is 35.5. The van der Waals surface area contributed by atoms with E-state index in [0.29, 0.717) is 5.02 Å². The lowest BCUT2D eigenvalue weighted by Crippen LogP contribution is -2.03. The Kier molecular flexibility index (Phi) is 2.76. The summed E-state index contributed by atoms with van der Waals surface area (Å²) in [7, 11) is 1.68. The predicted octanol–water partition coefficient (Wildman–Crippen LogP) is 5.77. The summed E-state index contributed by atoms with van der Waals surface area (Å²) in [6, 6.07) is 18.1. The van der Waals surface area contributed by atoms with Crippen molar-refractivity contribution in [3.63, 3.8) is 0 Å². The van der Waals surface area contributed by atoms with Gasteiger partial charge in [0.1, 0.15) is 5.75 Å². The molecule has 0 spiro atoms. The Labute approximate surface area is 143 Å². The third kappa shape index (κ3) is 1.82. The van der Waals surface area contributed by atoms with Crippen LogP contribution >= 0.6 is 11.6 Å². The fourth-order valence-corrected chi connectivity index (χ4v) is 3.61. The van der Waals surface area contributed by atoms with Crippen molar-refractivity contribution in [3.8, 4) is 17.0 Å². The lowest BCUT2D eigenvalue weighted by atomic mass is 9.94. The number of ether oxygens (including phenoxy) is 1. The van der Waals surface area contributed by atoms with Crippen molar-refractivity contribution < 1.29 is 4.74 Å². The molecular formula is C20H13ClN2O. The number of anilines is 2. The summed E-state index contributed by atoms with van der Waals surface area (Å²) in [5.74, 6) is 0.808. The van der Waals surface area contributed by atoms with Crippen LogP contribution in [0.2, 0.25) is 5.02 Å². The number of nitrogens with zero attached hydrogens (tertiary/aromatic N) is 1. The predicted molar refractivity (Wildman–Crippen MR) is 99.5 cm³/mol. The number of benzene rings is 3. The Morgan fingerprint density at radius 1 is 0.958 bits per heavy atom. The summed E-state index contributed by atoms with van der Waals surface area (Å²) in [5, 5.41) is 7.43. The van der Waals surface area contributed by atoms with E-state index < -0.39 is 0 Å². The van der Waals surface area contributed by atoms with Gasteiger partial charge in [0.05, 0.1) is 24.0 Å². The van der Waals surface area contributed by atoms with Crippen LogP contribution in [0.5, 0.6) is 5.75 Å². The van der Waals surface area contributed by atoms with Crippen molar-refractivity contribution in [1.82, 2.24) is 4.98 Å². The average Bonchev–Trinajstić information content (AvgIpc) is 2.61. The van der Waals surface area contributed by atoms with Crippen LogP contribution < -0.4 is 10.1 Å². The minimum absolute atomic E-state index is 0.702. The molecule has 116 valence electrons. The molecule has 4 aromatic rings. The van der Waals surface area contributed by atoms with Crippen LogP contribution in [0.3, 0.4) is 0 Å². The van der Waals surface area contributed by atoms with Crippen molar-refractivity contribution in [2.24, 2.45) is 0 Å². The number of pyridine rings is 1. The van der Waals surface area contributed by atoms with Gasteiger partial charge in [-0.2, -0.15) is 0 Å². The second-order valence-corrected chi connectivity index (χ2v) is 6.33. The van der Waals surface area contributed by atoms with Crippen LogP contribution in [0.25, 0.3) is 32.9 Å². The Morgan fingerprint density at radius 2 is 1.83 bits per heavy atom. The molecule has 3 nitrogen and oxygen atoms in total. The number of nitrogens with one attached hydrogen (secondary N) is 1. The first-order valence-corrected chi connectivity index (χ1v) is 8.10. The van der Waals surface area contributed by atoms with Crippen molar-refractivity contribution in [2.45, 2.75) is 0 Å². The van der Waals surface area contributed by atoms with Gasteiger partial charge in [0, 0.05) is 33.1 Å². The molecule has 0 unspecified atom stereocenters. The number of aromatic nitrogens is 1. The van der Waals surface area contributed by atoms with Crippen molar-refractivity contribution in [3.05, 3.63) is 59.6 Å². The fraction of sp³-hybridized carbons (Fsp3) is 0.0500. The van der Waals surface area contributed by atoms with Gasteiger partial charge in [-0.05, 0) is 35.7 Å². The van der Waals surface area contributed by atoms with Crippen LogP contribution in [0, 0.1) is 0 Å². The van der Waals surface area contributed by atoms with E-state index >= 15 is 0 Å². The molecule has 5 rings (SSSR count). The monoisotopic (exact) mass is 332 g/mol. The van der Waals surface area contributed by atoms with E-state index in [1.165, 1.54) is 0 Å². The van der Waals surface area contributed by atoms with Gasteiger partial charge in [0.15, 0.2) is 0 Å². The highest BCUT2D eigenvalue weighted by Crippen LogP contribution is 2.46. The molecule has 1 aliphatic heterocycles. The van der Waals surface area contributed by atoms with E-state index in [4.69, 9.17) is 21.3 Å². The molecule has 0 radical (unpaired) electrons. The second kappa shape index (κ2) is 4.86. The largest absolute Gasteiger partial charge is 0.497 e. The second-order valence-electron chi connectivity index (χ2n) is 5.89. The molecule has 1 N–H and O–H groups in total. The number of hydrogen-bond acceptors (Lipinski definition) is 3. The average molecular weight is 333 g/mol. The molecule has 0 aliphatic carbocycles. The highest BCUT2D eigenvalue weighted by molar-refractivity contribution is 6.32. The van der Waals surface area contributed by atoms with Crippen LogP contribution in [0.1, 0.15) is 0 Å². The zero-order valence-electron chi connectivity index (χ0n) is 12.9. The van der Waals surface area contributed by atoms with E-state index in [1.807, 2.05) is 36.4 Å². The molecule has 0 saturated heterocycles. The number of para-hydroxylation sites is 1. The maximum atomic E-state index is 6.23. The van der Waals surface area contributed by atoms with Gasteiger partial charge in [-0.1, -0.05) is 29.8 Å². The van der Waals surface area contributed by atoms with Gasteiger partial charge >= 0.3 is 0 Å². The molecule has 24 heavy (non-hydrogen) atoms. The number of rotatable bonds is 1. The third-order valence-corrected chi connectivity index (χ3v) is 4.75. The van der Waals surface area contributed by atoms with Crippen LogP contribution in [-0.2, 0) is 0 Å². The lowest BCUT2D eigenvalue weighted by molar-refractivity contribution is 0.415.